The van der Waals surface area contributed by atoms with Gasteiger partial charge < -0.3 is 4.90 Å². The highest BCUT2D eigenvalue weighted by Crippen LogP contribution is 2.23. The summed E-state index contributed by atoms with van der Waals surface area (Å²) in [4.78, 5) is 24.9. The average molecular weight is 330 g/mol. The van der Waals surface area contributed by atoms with Crippen LogP contribution in [-0.4, -0.2) is 32.6 Å². The smallest absolute Gasteiger partial charge is 0.273 e. The lowest BCUT2D eigenvalue weighted by Crippen LogP contribution is -2.27. The van der Waals surface area contributed by atoms with Crippen LogP contribution in [0.2, 0.25) is 0 Å². The standard InChI is InChI=1S/C17H22N4O3/c1-6-20-13(4)15(12(3)18-20)10-19(5)17(22)14-8-7-9-16(11(14)2)21(23)24/h7-9H,6,10H2,1-5H3. The number of nitrogens with zero attached hydrogens (tertiary/aromatic N) is 4. The molecule has 0 atom stereocenters. The molecule has 1 heterocycles. The van der Waals surface area contributed by atoms with Crippen molar-refractivity contribution in [2.24, 2.45) is 0 Å². The topological polar surface area (TPSA) is 81.3 Å². The lowest BCUT2D eigenvalue weighted by atomic mass is 10.1. The zero-order chi connectivity index (χ0) is 18.0. The highest BCUT2D eigenvalue weighted by atomic mass is 16.6. The summed E-state index contributed by atoms with van der Waals surface area (Å²) >= 11 is 0. The predicted octanol–water partition coefficient (Wildman–Crippen LogP) is 3.01. The van der Waals surface area contributed by atoms with Gasteiger partial charge in [-0.2, -0.15) is 5.10 Å². The Bertz CT molecular complexity index is 795. The number of aromatic nitrogens is 2. The summed E-state index contributed by atoms with van der Waals surface area (Å²) < 4.78 is 1.90. The summed E-state index contributed by atoms with van der Waals surface area (Å²) in [6.07, 6.45) is 0. The van der Waals surface area contributed by atoms with Crippen molar-refractivity contribution in [3.05, 3.63) is 56.4 Å². The van der Waals surface area contributed by atoms with Crippen molar-refractivity contribution in [1.29, 1.82) is 0 Å². The number of hydrogen-bond donors (Lipinski definition) is 0. The fraction of sp³-hybridized carbons (Fsp3) is 0.412. The summed E-state index contributed by atoms with van der Waals surface area (Å²) in [5.74, 6) is -0.237. The third-order valence-electron chi connectivity index (χ3n) is 4.31. The van der Waals surface area contributed by atoms with Crippen molar-refractivity contribution in [3.63, 3.8) is 0 Å². The van der Waals surface area contributed by atoms with Gasteiger partial charge in [-0.3, -0.25) is 19.6 Å². The maximum Gasteiger partial charge on any atom is 0.273 e. The lowest BCUT2D eigenvalue weighted by molar-refractivity contribution is -0.385. The second-order valence-electron chi connectivity index (χ2n) is 5.83. The van der Waals surface area contributed by atoms with Gasteiger partial charge in [0.1, 0.15) is 0 Å². The Labute approximate surface area is 141 Å². The van der Waals surface area contributed by atoms with Crippen LogP contribution in [0.5, 0.6) is 0 Å². The Kier molecular flexibility index (Phi) is 5.02. The SMILES string of the molecule is CCn1nc(C)c(CN(C)C(=O)c2cccc([N+](=O)[O-])c2C)c1C. The Morgan fingerprint density at radius 2 is 2.00 bits per heavy atom. The van der Waals surface area contributed by atoms with Gasteiger partial charge in [-0.15, -0.1) is 0 Å². The third-order valence-corrected chi connectivity index (χ3v) is 4.31. The van der Waals surface area contributed by atoms with E-state index in [1.165, 1.54) is 12.1 Å². The molecule has 0 aliphatic rings. The second kappa shape index (κ2) is 6.82. The van der Waals surface area contributed by atoms with E-state index in [4.69, 9.17) is 0 Å². The monoisotopic (exact) mass is 330 g/mol. The predicted molar refractivity (Wildman–Crippen MR) is 91.0 cm³/mol. The number of nitro benzene ring substituents is 1. The Morgan fingerprint density at radius 3 is 2.54 bits per heavy atom. The van der Waals surface area contributed by atoms with Crippen LogP contribution in [0.1, 0.15) is 39.8 Å². The number of nitro groups is 1. The molecule has 0 aliphatic heterocycles. The molecule has 0 saturated heterocycles. The van der Waals surface area contributed by atoms with Crippen LogP contribution < -0.4 is 0 Å². The molecule has 0 unspecified atom stereocenters. The lowest BCUT2D eigenvalue weighted by Gasteiger charge is -2.18. The largest absolute Gasteiger partial charge is 0.337 e. The number of rotatable bonds is 5. The van der Waals surface area contributed by atoms with E-state index in [1.54, 1.807) is 24.9 Å². The minimum absolute atomic E-state index is 0.0413. The molecule has 1 amide bonds. The number of aryl methyl sites for hydroxylation is 2. The molecule has 1 aromatic heterocycles. The molecule has 7 nitrogen and oxygen atoms in total. The summed E-state index contributed by atoms with van der Waals surface area (Å²) in [7, 11) is 1.70. The van der Waals surface area contributed by atoms with Gasteiger partial charge >= 0.3 is 0 Å². The molecule has 0 bridgehead atoms. The summed E-state index contributed by atoms with van der Waals surface area (Å²) in [6.45, 7) is 8.71. The average Bonchev–Trinajstić information content (AvgIpc) is 2.81. The molecule has 2 rings (SSSR count). The van der Waals surface area contributed by atoms with Gasteiger partial charge in [0.2, 0.25) is 0 Å². The van der Waals surface area contributed by atoms with Crippen molar-refractivity contribution >= 4 is 11.6 Å². The zero-order valence-electron chi connectivity index (χ0n) is 14.7. The van der Waals surface area contributed by atoms with E-state index in [2.05, 4.69) is 5.10 Å². The zero-order valence-corrected chi connectivity index (χ0v) is 14.7. The molecule has 0 fully saturated rings. The second-order valence-corrected chi connectivity index (χ2v) is 5.83. The molecule has 0 N–H and O–H groups in total. The van der Waals surface area contributed by atoms with Crippen LogP contribution in [0.3, 0.4) is 0 Å². The minimum Gasteiger partial charge on any atom is -0.337 e. The van der Waals surface area contributed by atoms with Gasteiger partial charge in [0.05, 0.1) is 10.6 Å². The van der Waals surface area contributed by atoms with Gasteiger partial charge in [0.15, 0.2) is 0 Å². The van der Waals surface area contributed by atoms with E-state index in [9.17, 15) is 14.9 Å². The van der Waals surface area contributed by atoms with E-state index in [0.29, 0.717) is 17.7 Å². The third kappa shape index (κ3) is 3.15. The van der Waals surface area contributed by atoms with Crippen molar-refractivity contribution in [2.45, 2.75) is 40.8 Å². The fourth-order valence-corrected chi connectivity index (χ4v) is 2.84. The van der Waals surface area contributed by atoms with Crippen LogP contribution in [0, 0.1) is 30.9 Å². The fourth-order valence-electron chi connectivity index (χ4n) is 2.84. The Morgan fingerprint density at radius 1 is 1.33 bits per heavy atom. The van der Waals surface area contributed by atoms with E-state index in [-0.39, 0.29) is 11.6 Å². The summed E-state index contributed by atoms with van der Waals surface area (Å²) in [5.41, 5.74) is 3.63. The van der Waals surface area contributed by atoms with E-state index < -0.39 is 4.92 Å². The van der Waals surface area contributed by atoms with Crippen molar-refractivity contribution in [1.82, 2.24) is 14.7 Å². The van der Waals surface area contributed by atoms with Gasteiger partial charge in [-0.1, -0.05) is 6.07 Å². The first-order valence-corrected chi connectivity index (χ1v) is 7.80. The van der Waals surface area contributed by atoms with Gasteiger partial charge in [0, 0.05) is 48.6 Å². The van der Waals surface area contributed by atoms with Crippen molar-refractivity contribution in [2.75, 3.05) is 7.05 Å². The first kappa shape index (κ1) is 17.7. The number of amides is 1. The van der Waals surface area contributed by atoms with Crippen LogP contribution in [0.4, 0.5) is 5.69 Å². The quantitative estimate of drug-likeness (QED) is 0.623. The van der Waals surface area contributed by atoms with E-state index >= 15 is 0 Å². The summed E-state index contributed by atoms with van der Waals surface area (Å²) in [5, 5.41) is 15.5. The van der Waals surface area contributed by atoms with Crippen LogP contribution >= 0.6 is 0 Å². The summed E-state index contributed by atoms with van der Waals surface area (Å²) in [6, 6.07) is 4.57. The maximum atomic E-state index is 12.7. The first-order valence-electron chi connectivity index (χ1n) is 7.80. The van der Waals surface area contributed by atoms with Gasteiger partial charge in [0.25, 0.3) is 11.6 Å². The van der Waals surface area contributed by atoms with Crippen LogP contribution in [0.25, 0.3) is 0 Å². The number of carbonyl (C=O) groups excluding carboxylic acids is 1. The number of carbonyl (C=O) groups is 1. The molecular formula is C17H22N4O3. The normalized spacial score (nSPS) is 10.7. The molecule has 0 spiro atoms. The molecule has 128 valence electrons. The molecular weight excluding hydrogens is 308 g/mol. The van der Waals surface area contributed by atoms with E-state index in [1.807, 2.05) is 25.5 Å². The van der Waals surface area contributed by atoms with Gasteiger partial charge in [-0.25, -0.2) is 0 Å². The Balaban J connectivity index is 2.30. The molecule has 1 aromatic carbocycles. The van der Waals surface area contributed by atoms with Gasteiger partial charge in [-0.05, 0) is 33.8 Å². The maximum absolute atomic E-state index is 12.7. The van der Waals surface area contributed by atoms with Crippen molar-refractivity contribution < 1.29 is 9.72 Å². The minimum atomic E-state index is -0.467. The highest BCUT2D eigenvalue weighted by Gasteiger charge is 2.22. The first-order chi connectivity index (χ1) is 11.3. The molecule has 0 saturated carbocycles. The molecule has 2 aromatic rings. The molecule has 0 aliphatic carbocycles. The van der Waals surface area contributed by atoms with Crippen LogP contribution in [0.15, 0.2) is 18.2 Å². The Hall–Kier alpha value is -2.70. The van der Waals surface area contributed by atoms with Crippen molar-refractivity contribution in [3.8, 4) is 0 Å². The van der Waals surface area contributed by atoms with Crippen LogP contribution in [-0.2, 0) is 13.1 Å². The molecule has 24 heavy (non-hydrogen) atoms. The molecule has 0 radical (unpaired) electrons. The molecule has 7 heteroatoms. The highest BCUT2D eigenvalue weighted by molar-refractivity contribution is 5.96. The van der Waals surface area contributed by atoms with E-state index in [0.717, 1.165) is 23.5 Å². The number of benzene rings is 1. The number of hydrogen-bond acceptors (Lipinski definition) is 4.